The summed E-state index contributed by atoms with van der Waals surface area (Å²) in [6.45, 7) is 2.08. The molecular formula is C7H19ClO3Si2. The molecule has 6 heteroatoms. The standard InChI is InChI=1S/C7H19ClO3Si2/c1-9-13(10-2,11-12-3)7-5-4-6-8/h4-7,12H2,1-3H3. The summed E-state index contributed by atoms with van der Waals surface area (Å²) in [5.74, 6) is 0.696. The molecule has 0 aromatic heterocycles. The van der Waals surface area contributed by atoms with Gasteiger partial charge in [-0.15, -0.1) is 11.6 Å². The molecule has 0 aromatic rings. The van der Waals surface area contributed by atoms with Gasteiger partial charge in [-0.2, -0.15) is 0 Å². The lowest BCUT2D eigenvalue weighted by atomic mass is 10.4. The third-order valence-corrected chi connectivity index (χ3v) is 7.24. The third kappa shape index (κ3) is 5.14. The maximum atomic E-state index is 5.66. The van der Waals surface area contributed by atoms with Crippen molar-refractivity contribution in [3.8, 4) is 0 Å². The number of hydrogen-bond acceptors (Lipinski definition) is 3. The minimum absolute atomic E-state index is 0.468. The van der Waals surface area contributed by atoms with E-state index in [2.05, 4.69) is 6.55 Å². The van der Waals surface area contributed by atoms with Crippen molar-refractivity contribution in [1.29, 1.82) is 0 Å². The molecule has 0 aliphatic heterocycles. The van der Waals surface area contributed by atoms with Crippen LogP contribution in [0.1, 0.15) is 12.8 Å². The Bertz CT molecular complexity index is 122. The number of rotatable bonds is 8. The Hall–Kier alpha value is 0.604. The minimum atomic E-state index is -2.28. The van der Waals surface area contributed by atoms with Crippen LogP contribution >= 0.6 is 11.6 Å². The van der Waals surface area contributed by atoms with Crippen molar-refractivity contribution in [3.63, 3.8) is 0 Å². The van der Waals surface area contributed by atoms with Gasteiger partial charge in [-0.25, -0.2) is 0 Å². The van der Waals surface area contributed by atoms with Crippen LogP contribution in [-0.2, 0) is 13.0 Å². The third-order valence-electron chi connectivity index (χ3n) is 1.85. The van der Waals surface area contributed by atoms with Gasteiger partial charge in [0.15, 0.2) is 0 Å². The first-order valence-electron chi connectivity index (χ1n) is 4.55. The maximum Gasteiger partial charge on any atom is 0.489 e. The molecule has 13 heavy (non-hydrogen) atoms. The monoisotopic (exact) mass is 242 g/mol. The first-order chi connectivity index (χ1) is 6.24. The molecule has 3 nitrogen and oxygen atoms in total. The van der Waals surface area contributed by atoms with Gasteiger partial charge in [0.1, 0.15) is 9.76 Å². The Morgan fingerprint density at radius 1 is 1.23 bits per heavy atom. The molecule has 0 saturated heterocycles. The molecule has 0 aliphatic rings. The van der Waals surface area contributed by atoms with Crippen molar-refractivity contribution in [2.24, 2.45) is 0 Å². The van der Waals surface area contributed by atoms with Crippen LogP contribution in [0, 0.1) is 0 Å². The van der Waals surface area contributed by atoms with Crippen LogP contribution in [-0.4, -0.2) is 38.7 Å². The molecule has 0 radical (unpaired) electrons. The predicted molar refractivity (Wildman–Crippen MR) is 60.0 cm³/mol. The molecule has 0 bridgehead atoms. The average Bonchev–Trinajstić information content (AvgIpc) is 2.17. The van der Waals surface area contributed by atoms with Gasteiger partial charge in [0.05, 0.1) is 0 Å². The van der Waals surface area contributed by atoms with Gasteiger partial charge in [0, 0.05) is 26.1 Å². The lowest BCUT2D eigenvalue weighted by Gasteiger charge is -2.26. The fraction of sp³-hybridized carbons (Fsp3) is 1.00. The topological polar surface area (TPSA) is 27.7 Å². The smallest absolute Gasteiger partial charge is 0.422 e. The van der Waals surface area contributed by atoms with Crippen molar-refractivity contribution in [2.45, 2.75) is 25.4 Å². The Morgan fingerprint density at radius 2 is 1.85 bits per heavy atom. The highest BCUT2D eigenvalue weighted by atomic mass is 35.5. The van der Waals surface area contributed by atoms with Gasteiger partial charge in [0.25, 0.3) is 0 Å². The quantitative estimate of drug-likeness (QED) is 0.366. The number of unbranched alkanes of at least 4 members (excludes halogenated alkanes) is 1. The van der Waals surface area contributed by atoms with E-state index in [0.29, 0.717) is 5.88 Å². The summed E-state index contributed by atoms with van der Waals surface area (Å²) < 4.78 is 16.4. The summed E-state index contributed by atoms with van der Waals surface area (Å²) >= 11 is 5.60. The van der Waals surface area contributed by atoms with Crippen molar-refractivity contribution < 1.29 is 13.0 Å². The van der Waals surface area contributed by atoms with Gasteiger partial charge in [-0.3, -0.25) is 0 Å². The SMILES string of the molecule is CO[Si](CCCCCl)(OC)O[SiH2]C. The zero-order valence-corrected chi connectivity index (χ0v) is 11.8. The second-order valence-electron chi connectivity index (χ2n) is 2.67. The van der Waals surface area contributed by atoms with Crippen LogP contribution in [0.15, 0.2) is 0 Å². The molecule has 0 aliphatic carbocycles. The van der Waals surface area contributed by atoms with Crippen LogP contribution in [0.3, 0.4) is 0 Å². The van der Waals surface area contributed by atoms with Gasteiger partial charge < -0.3 is 13.0 Å². The van der Waals surface area contributed by atoms with E-state index in [1.807, 2.05) is 0 Å². The van der Waals surface area contributed by atoms with E-state index in [4.69, 9.17) is 24.6 Å². The summed E-state index contributed by atoms with van der Waals surface area (Å²) in [6, 6.07) is 0.883. The second kappa shape index (κ2) is 7.96. The molecule has 0 fully saturated rings. The molecular weight excluding hydrogens is 224 g/mol. The van der Waals surface area contributed by atoms with Crippen molar-refractivity contribution in [3.05, 3.63) is 0 Å². The van der Waals surface area contributed by atoms with Crippen molar-refractivity contribution in [2.75, 3.05) is 20.1 Å². The molecule has 80 valence electrons. The highest BCUT2D eigenvalue weighted by Crippen LogP contribution is 2.16. The molecule has 0 amide bonds. The number of halogens is 1. The lowest BCUT2D eigenvalue weighted by Crippen LogP contribution is -2.44. The zero-order chi connectivity index (χ0) is 10.2. The summed E-state index contributed by atoms with van der Waals surface area (Å²) in [5, 5.41) is 0. The van der Waals surface area contributed by atoms with E-state index >= 15 is 0 Å². The fourth-order valence-electron chi connectivity index (χ4n) is 1.13. The summed E-state index contributed by atoms with van der Waals surface area (Å²) in [4.78, 5) is 0. The van der Waals surface area contributed by atoms with Crippen LogP contribution in [0.4, 0.5) is 0 Å². The average molecular weight is 243 g/mol. The van der Waals surface area contributed by atoms with Crippen LogP contribution in [0.25, 0.3) is 0 Å². The minimum Gasteiger partial charge on any atom is -0.422 e. The summed E-state index contributed by atoms with van der Waals surface area (Å²) in [5.41, 5.74) is 0. The van der Waals surface area contributed by atoms with Crippen LogP contribution in [0.2, 0.25) is 12.6 Å². The molecule has 0 saturated carbocycles. The Labute approximate surface area is 89.0 Å². The van der Waals surface area contributed by atoms with E-state index in [1.54, 1.807) is 14.2 Å². The van der Waals surface area contributed by atoms with Crippen molar-refractivity contribution >= 4 is 30.2 Å². The van der Waals surface area contributed by atoms with Crippen LogP contribution < -0.4 is 0 Å². The van der Waals surface area contributed by atoms with Gasteiger partial charge in [0.2, 0.25) is 0 Å². The highest BCUT2D eigenvalue weighted by molar-refractivity contribution is 6.65. The molecule has 0 N–H and O–H groups in total. The first kappa shape index (κ1) is 13.6. The normalized spacial score (nSPS) is 12.9. The Balaban J connectivity index is 3.89. The van der Waals surface area contributed by atoms with E-state index < -0.39 is 18.6 Å². The summed E-state index contributed by atoms with van der Waals surface area (Å²) in [7, 11) is 0.589. The lowest BCUT2D eigenvalue weighted by molar-refractivity contribution is 0.163. The van der Waals surface area contributed by atoms with Gasteiger partial charge in [-0.05, 0) is 12.8 Å². The second-order valence-corrected chi connectivity index (χ2v) is 7.46. The first-order valence-corrected chi connectivity index (χ1v) is 9.00. The summed E-state index contributed by atoms with van der Waals surface area (Å²) in [6.07, 6.45) is 2.02. The van der Waals surface area contributed by atoms with E-state index in [9.17, 15) is 0 Å². The number of hydrogen-bond donors (Lipinski definition) is 0. The fourth-order valence-corrected chi connectivity index (χ4v) is 5.86. The largest absolute Gasteiger partial charge is 0.489 e. The zero-order valence-electron chi connectivity index (χ0n) is 8.64. The van der Waals surface area contributed by atoms with E-state index in [0.717, 1.165) is 18.9 Å². The predicted octanol–water partition coefficient (Wildman–Crippen LogP) is 1.39. The van der Waals surface area contributed by atoms with E-state index in [-0.39, 0.29) is 0 Å². The Morgan fingerprint density at radius 3 is 2.23 bits per heavy atom. The van der Waals surface area contributed by atoms with Gasteiger partial charge in [-0.1, -0.05) is 6.55 Å². The highest BCUT2D eigenvalue weighted by Gasteiger charge is 2.36. The molecule has 0 atom stereocenters. The molecule has 0 rings (SSSR count). The Kier molecular flexibility index (Phi) is 8.33. The van der Waals surface area contributed by atoms with Crippen LogP contribution in [0.5, 0.6) is 0 Å². The molecule has 0 heterocycles. The molecule has 0 aromatic carbocycles. The van der Waals surface area contributed by atoms with Gasteiger partial charge >= 0.3 is 8.80 Å². The number of alkyl halides is 1. The molecule has 0 unspecified atom stereocenters. The molecule has 0 spiro atoms. The van der Waals surface area contributed by atoms with E-state index in [1.165, 1.54) is 0 Å². The van der Waals surface area contributed by atoms with Crippen molar-refractivity contribution in [1.82, 2.24) is 0 Å². The maximum absolute atomic E-state index is 5.66.